The number of sulfonamides is 1. The molecule has 1 heterocycles. The molecule has 178 valence electrons. The number of ether oxygens (including phenoxy) is 2. The summed E-state index contributed by atoms with van der Waals surface area (Å²) in [4.78, 5) is 4.93. The molecule has 6 nitrogen and oxygen atoms in total. The van der Waals surface area contributed by atoms with Gasteiger partial charge in [-0.05, 0) is 43.0 Å². The molecule has 0 bridgehead atoms. The van der Waals surface area contributed by atoms with Crippen LogP contribution in [0.25, 0.3) is 0 Å². The Morgan fingerprint density at radius 1 is 1.09 bits per heavy atom. The smallest absolute Gasteiger partial charge is 0.243 e. The normalized spacial score (nSPS) is 11.9. The third-order valence-corrected chi connectivity index (χ3v) is 7.98. The summed E-state index contributed by atoms with van der Waals surface area (Å²) in [5.74, 6) is 1.22. The molecule has 0 radical (unpaired) electrons. The average molecular weight is 489 g/mol. The van der Waals surface area contributed by atoms with Gasteiger partial charge >= 0.3 is 0 Å². The van der Waals surface area contributed by atoms with E-state index in [0.717, 1.165) is 21.9 Å². The Bertz CT molecular complexity index is 1130. The van der Waals surface area contributed by atoms with Crippen LogP contribution in [-0.4, -0.2) is 38.0 Å². The summed E-state index contributed by atoms with van der Waals surface area (Å²) in [6.45, 7) is 7.61. The summed E-state index contributed by atoms with van der Waals surface area (Å²) < 4.78 is 39.2. The monoisotopic (exact) mass is 488 g/mol. The van der Waals surface area contributed by atoms with Gasteiger partial charge in [0.25, 0.3) is 0 Å². The van der Waals surface area contributed by atoms with Crippen LogP contribution in [0, 0.1) is 6.92 Å². The van der Waals surface area contributed by atoms with E-state index < -0.39 is 10.0 Å². The van der Waals surface area contributed by atoms with Crippen molar-refractivity contribution in [1.29, 1.82) is 0 Å². The number of rotatable bonds is 12. The van der Waals surface area contributed by atoms with Gasteiger partial charge in [0.2, 0.25) is 10.0 Å². The zero-order chi connectivity index (χ0) is 23.8. The lowest BCUT2D eigenvalue weighted by atomic mass is 10.0. The first-order valence-corrected chi connectivity index (χ1v) is 13.3. The topological polar surface area (TPSA) is 68.7 Å². The highest BCUT2D eigenvalue weighted by Gasteiger charge is 2.25. The maximum absolute atomic E-state index is 13.3. The number of aromatic nitrogens is 1. The molecular weight excluding hydrogens is 456 g/mol. The highest BCUT2D eigenvalue weighted by Crippen LogP contribution is 2.27. The van der Waals surface area contributed by atoms with Gasteiger partial charge in [-0.25, -0.2) is 13.4 Å². The number of methoxy groups -OCH3 is 1. The maximum Gasteiger partial charge on any atom is 0.243 e. The first-order chi connectivity index (χ1) is 15.8. The molecule has 0 aliphatic heterocycles. The van der Waals surface area contributed by atoms with Gasteiger partial charge in [-0.3, -0.25) is 0 Å². The highest BCUT2D eigenvalue weighted by molar-refractivity contribution is 7.89. The van der Waals surface area contributed by atoms with Gasteiger partial charge in [-0.15, -0.1) is 11.3 Å². The van der Waals surface area contributed by atoms with Gasteiger partial charge in [0.05, 0.1) is 17.1 Å². The molecule has 0 atom stereocenters. The van der Waals surface area contributed by atoms with E-state index in [4.69, 9.17) is 9.47 Å². The lowest BCUT2D eigenvalue weighted by Gasteiger charge is -2.21. The SMILES string of the molecule is COCCCN(Cc1csc(COc2ccccc2C(C)C)n1)S(=O)(=O)c1ccc(C)cc1. The summed E-state index contributed by atoms with van der Waals surface area (Å²) in [5, 5.41) is 2.72. The fourth-order valence-corrected chi connectivity index (χ4v) is 5.57. The van der Waals surface area contributed by atoms with Gasteiger partial charge < -0.3 is 9.47 Å². The molecule has 1 aromatic heterocycles. The number of hydrogen-bond acceptors (Lipinski definition) is 6. The summed E-state index contributed by atoms with van der Waals surface area (Å²) >= 11 is 1.48. The number of para-hydroxylation sites is 1. The predicted molar refractivity (Wildman–Crippen MR) is 132 cm³/mol. The minimum atomic E-state index is -3.65. The van der Waals surface area contributed by atoms with Crippen molar-refractivity contribution in [2.75, 3.05) is 20.3 Å². The first kappa shape index (κ1) is 25.4. The Kier molecular flexibility index (Phi) is 9.02. The van der Waals surface area contributed by atoms with E-state index in [-0.39, 0.29) is 11.4 Å². The van der Waals surface area contributed by atoms with Crippen LogP contribution in [0.5, 0.6) is 5.75 Å². The third-order valence-electron chi connectivity index (χ3n) is 5.24. The van der Waals surface area contributed by atoms with Crippen LogP contribution in [0.15, 0.2) is 58.8 Å². The molecule has 0 N–H and O–H groups in total. The van der Waals surface area contributed by atoms with Crippen LogP contribution in [0.2, 0.25) is 0 Å². The van der Waals surface area contributed by atoms with E-state index in [9.17, 15) is 8.42 Å². The molecule has 0 spiro atoms. The highest BCUT2D eigenvalue weighted by atomic mass is 32.2. The summed E-state index contributed by atoms with van der Waals surface area (Å²) in [5.41, 5.74) is 2.88. The van der Waals surface area contributed by atoms with Crippen LogP contribution >= 0.6 is 11.3 Å². The molecule has 0 saturated carbocycles. The number of nitrogens with zero attached hydrogens (tertiary/aromatic N) is 2. The summed E-state index contributed by atoms with van der Waals surface area (Å²) in [6.07, 6.45) is 0.605. The first-order valence-electron chi connectivity index (χ1n) is 11.0. The lowest BCUT2D eigenvalue weighted by molar-refractivity contribution is 0.186. The van der Waals surface area contributed by atoms with Crippen molar-refractivity contribution in [2.24, 2.45) is 0 Å². The van der Waals surface area contributed by atoms with E-state index in [0.29, 0.717) is 37.8 Å². The molecule has 0 amide bonds. The molecule has 8 heteroatoms. The summed E-state index contributed by atoms with van der Waals surface area (Å²) in [6, 6.07) is 14.9. The Labute approximate surface area is 201 Å². The maximum atomic E-state index is 13.3. The third kappa shape index (κ3) is 6.86. The minimum Gasteiger partial charge on any atom is -0.486 e. The van der Waals surface area contributed by atoms with Crippen LogP contribution < -0.4 is 4.74 Å². The van der Waals surface area contributed by atoms with Crippen molar-refractivity contribution in [1.82, 2.24) is 9.29 Å². The fourth-order valence-electron chi connectivity index (χ4n) is 3.43. The van der Waals surface area contributed by atoms with E-state index in [2.05, 4.69) is 24.9 Å². The Morgan fingerprint density at radius 2 is 1.82 bits per heavy atom. The molecule has 2 aromatic carbocycles. The van der Waals surface area contributed by atoms with Gasteiger partial charge in [-0.2, -0.15) is 4.31 Å². The zero-order valence-electron chi connectivity index (χ0n) is 19.7. The van der Waals surface area contributed by atoms with E-state index in [1.165, 1.54) is 15.6 Å². The van der Waals surface area contributed by atoms with E-state index in [1.807, 2.05) is 42.6 Å². The van der Waals surface area contributed by atoms with Crippen molar-refractivity contribution in [3.05, 3.63) is 75.7 Å². The van der Waals surface area contributed by atoms with Gasteiger partial charge in [-0.1, -0.05) is 49.7 Å². The standard InChI is InChI=1S/C25H32N2O4S2/c1-19(2)23-8-5-6-9-24(23)31-17-25-26-21(18-32-25)16-27(14-7-15-30-4)33(28,29)22-12-10-20(3)11-13-22/h5-6,8-13,18-19H,7,14-17H2,1-4H3. The largest absolute Gasteiger partial charge is 0.486 e. The predicted octanol–water partition coefficient (Wildman–Crippen LogP) is 5.38. The van der Waals surface area contributed by atoms with Crippen LogP contribution in [0.3, 0.4) is 0 Å². The van der Waals surface area contributed by atoms with Gasteiger partial charge in [0, 0.05) is 25.6 Å². The lowest BCUT2D eigenvalue weighted by Crippen LogP contribution is -2.32. The van der Waals surface area contributed by atoms with Gasteiger partial charge in [0.1, 0.15) is 17.4 Å². The van der Waals surface area contributed by atoms with Gasteiger partial charge in [0.15, 0.2) is 0 Å². The number of hydrogen-bond donors (Lipinski definition) is 0. The Balaban J connectivity index is 1.73. The fraction of sp³-hybridized carbons (Fsp3) is 0.400. The molecule has 33 heavy (non-hydrogen) atoms. The van der Waals surface area contributed by atoms with Crippen molar-refractivity contribution in [3.63, 3.8) is 0 Å². The molecule has 0 fully saturated rings. The molecule has 3 aromatic rings. The van der Waals surface area contributed by atoms with Crippen LogP contribution in [-0.2, 0) is 27.9 Å². The van der Waals surface area contributed by atoms with Crippen LogP contribution in [0.1, 0.15) is 48.0 Å². The molecule has 0 aliphatic carbocycles. The second-order valence-corrected chi connectivity index (χ2v) is 11.1. The Morgan fingerprint density at radius 3 is 2.52 bits per heavy atom. The van der Waals surface area contributed by atoms with Crippen molar-refractivity contribution >= 4 is 21.4 Å². The van der Waals surface area contributed by atoms with Crippen molar-refractivity contribution in [3.8, 4) is 5.75 Å². The van der Waals surface area contributed by atoms with E-state index >= 15 is 0 Å². The number of benzene rings is 2. The van der Waals surface area contributed by atoms with E-state index in [1.54, 1.807) is 19.2 Å². The van der Waals surface area contributed by atoms with Crippen molar-refractivity contribution < 1.29 is 17.9 Å². The van der Waals surface area contributed by atoms with Crippen molar-refractivity contribution in [2.45, 2.75) is 51.2 Å². The summed E-state index contributed by atoms with van der Waals surface area (Å²) in [7, 11) is -2.03. The molecule has 0 unspecified atom stereocenters. The number of thiazole rings is 1. The molecule has 3 rings (SSSR count). The molecule has 0 aliphatic rings. The molecular formula is C25H32N2O4S2. The second kappa shape index (κ2) is 11.7. The number of aryl methyl sites for hydroxylation is 1. The molecule has 0 saturated heterocycles. The quantitative estimate of drug-likeness (QED) is 0.320. The average Bonchev–Trinajstić information content (AvgIpc) is 3.25. The zero-order valence-corrected chi connectivity index (χ0v) is 21.3. The second-order valence-electron chi connectivity index (χ2n) is 8.21. The van der Waals surface area contributed by atoms with Crippen LogP contribution in [0.4, 0.5) is 0 Å². The Hall–Kier alpha value is -2.26. The minimum absolute atomic E-state index is 0.207.